The van der Waals surface area contributed by atoms with E-state index in [2.05, 4.69) is 6.92 Å². The summed E-state index contributed by atoms with van der Waals surface area (Å²) in [4.78, 5) is 11.6. The van der Waals surface area contributed by atoms with E-state index < -0.39 is 0 Å². The minimum Gasteiger partial charge on any atom is -0.497 e. The maximum atomic E-state index is 11.6. The third-order valence-corrected chi connectivity index (χ3v) is 3.03. The van der Waals surface area contributed by atoms with Gasteiger partial charge in [0, 0.05) is 17.9 Å². The first-order valence-electron chi connectivity index (χ1n) is 5.21. The van der Waals surface area contributed by atoms with Crippen LogP contribution >= 0.6 is 0 Å². The van der Waals surface area contributed by atoms with Crippen LogP contribution in [0.15, 0.2) is 11.8 Å². The second-order valence-corrected chi connectivity index (χ2v) is 3.94. The molecule has 0 spiro atoms. The summed E-state index contributed by atoms with van der Waals surface area (Å²) in [5, 5.41) is 0. The molecule has 0 bridgehead atoms. The van der Waals surface area contributed by atoms with Gasteiger partial charge >= 0.3 is 0 Å². The Hall–Kier alpha value is -0.790. The molecule has 2 nitrogen and oxygen atoms in total. The average molecular weight is 180 g/mol. The SMILES string of the molecule is CCCC1C(=O)C=C2OCCCC21. The van der Waals surface area contributed by atoms with E-state index in [0.29, 0.717) is 11.7 Å². The summed E-state index contributed by atoms with van der Waals surface area (Å²) in [5.74, 6) is 1.92. The van der Waals surface area contributed by atoms with Crippen molar-refractivity contribution in [3.05, 3.63) is 11.8 Å². The quantitative estimate of drug-likeness (QED) is 0.651. The van der Waals surface area contributed by atoms with Crippen LogP contribution in [0.5, 0.6) is 0 Å². The molecule has 2 aliphatic rings. The predicted molar refractivity (Wildman–Crippen MR) is 50.2 cm³/mol. The highest BCUT2D eigenvalue weighted by Crippen LogP contribution is 2.38. The molecule has 0 N–H and O–H groups in total. The van der Waals surface area contributed by atoms with E-state index in [9.17, 15) is 4.79 Å². The zero-order valence-electron chi connectivity index (χ0n) is 8.08. The fourth-order valence-corrected chi connectivity index (χ4v) is 2.39. The highest BCUT2D eigenvalue weighted by atomic mass is 16.5. The summed E-state index contributed by atoms with van der Waals surface area (Å²) >= 11 is 0. The summed E-state index contributed by atoms with van der Waals surface area (Å²) in [6.07, 6.45) is 6.09. The van der Waals surface area contributed by atoms with Crippen LogP contribution in [0.3, 0.4) is 0 Å². The molecule has 0 amide bonds. The van der Waals surface area contributed by atoms with Gasteiger partial charge in [-0.05, 0) is 19.3 Å². The molecule has 0 aromatic rings. The lowest BCUT2D eigenvalue weighted by Gasteiger charge is -2.25. The molecule has 1 aliphatic heterocycles. The van der Waals surface area contributed by atoms with Crippen LogP contribution in [0.1, 0.15) is 32.6 Å². The van der Waals surface area contributed by atoms with Gasteiger partial charge in [0.2, 0.25) is 0 Å². The van der Waals surface area contributed by atoms with E-state index in [1.54, 1.807) is 6.08 Å². The smallest absolute Gasteiger partial charge is 0.162 e. The molecule has 13 heavy (non-hydrogen) atoms. The normalized spacial score (nSPS) is 32.4. The van der Waals surface area contributed by atoms with Crippen molar-refractivity contribution in [3.8, 4) is 0 Å². The second kappa shape index (κ2) is 3.52. The molecule has 2 atom stereocenters. The fourth-order valence-electron chi connectivity index (χ4n) is 2.39. The van der Waals surface area contributed by atoms with Crippen molar-refractivity contribution < 1.29 is 9.53 Å². The van der Waals surface area contributed by atoms with Gasteiger partial charge in [0.15, 0.2) is 5.78 Å². The lowest BCUT2D eigenvalue weighted by atomic mass is 9.86. The second-order valence-electron chi connectivity index (χ2n) is 3.94. The minimum atomic E-state index is 0.236. The van der Waals surface area contributed by atoms with Crippen LogP contribution in [0, 0.1) is 11.8 Å². The monoisotopic (exact) mass is 180 g/mol. The number of ketones is 1. The zero-order chi connectivity index (χ0) is 9.26. The molecular formula is C11H16O2. The number of rotatable bonds is 2. The maximum Gasteiger partial charge on any atom is 0.162 e. The number of ether oxygens (including phenoxy) is 1. The Morgan fingerprint density at radius 2 is 2.46 bits per heavy atom. The van der Waals surface area contributed by atoms with Gasteiger partial charge in [0.05, 0.1) is 6.61 Å². The summed E-state index contributed by atoms with van der Waals surface area (Å²) in [6, 6.07) is 0. The Kier molecular flexibility index (Phi) is 2.38. The van der Waals surface area contributed by atoms with Crippen LogP contribution in [-0.4, -0.2) is 12.4 Å². The van der Waals surface area contributed by atoms with Crippen LogP contribution < -0.4 is 0 Å². The van der Waals surface area contributed by atoms with E-state index in [1.807, 2.05) is 0 Å². The highest BCUT2D eigenvalue weighted by Gasteiger charge is 2.37. The third-order valence-electron chi connectivity index (χ3n) is 3.03. The predicted octanol–water partition coefficient (Wildman–Crippen LogP) is 2.30. The molecule has 72 valence electrons. The Morgan fingerprint density at radius 3 is 3.23 bits per heavy atom. The van der Waals surface area contributed by atoms with Crippen molar-refractivity contribution in [3.63, 3.8) is 0 Å². The first-order chi connectivity index (χ1) is 6.33. The Morgan fingerprint density at radius 1 is 1.62 bits per heavy atom. The van der Waals surface area contributed by atoms with Gasteiger partial charge in [-0.25, -0.2) is 0 Å². The topological polar surface area (TPSA) is 26.3 Å². The molecule has 0 radical (unpaired) electrons. The van der Waals surface area contributed by atoms with Gasteiger partial charge < -0.3 is 4.74 Å². The van der Waals surface area contributed by atoms with Crippen molar-refractivity contribution in [2.45, 2.75) is 32.6 Å². The number of hydrogen-bond donors (Lipinski definition) is 0. The number of carbonyl (C=O) groups excluding carboxylic acids is 1. The standard InChI is InChI=1S/C11H16O2/c1-2-4-8-9-5-3-6-13-11(9)7-10(8)12/h7-9H,2-6H2,1H3. The fraction of sp³-hybridized carbons (Fsp3) is 0.727. The average Bonchev–Trinajstić information content (AvgIpc) is 2.44. The first-order valence-corrected chi connectivity index (χ1v) is 5.21. The minimum absolute atomic E-state index is 0.236. The molecule has 0 aromatic heterocycles. The largest absolute Gasteiger partial charge is 0.497 e. The molecule has 1 heterocycles. The molecule has 0 saturated carbocycles. The third kappa shape index (κ3) is 1.50. The van der Waals surface area contributed by atoms with E-state index in [1.165, 1.54) is 0 Å². The van der Waals surface area contributed by atoms with Crippen LogP contribution in [0.25, 0.3) is 0 Å². The number of fused-ring (bicyclic) bond motifs is 1. The molecule has 1 aliphatic carbocycles. The van der Waals surface area contributed by atoms with Gasteiger partial charge in [0.1, 0.15) is 5.76 Å². The van der Waals surface area contributed by atoms with Crippen molar-refractivity contribution in [1.29, 1.82) is 0 Å². The Balaban J connectivity index is 2.11. The molecular weight excluding hydrogens is 164 g/mol. The number of allylic oxidation sites excluding steroid dienone is 2. The van der Waals surface area contributed by atoms with Gasteiger partial charge in [-0.3, -0.25) is 4.79 Å². The van der Waals surface area contributed by atoms with Crippen LogP contribution in [0.4, 0.5) is 0 Å². The number of hydrogen-bond acceptors (Lipinski definition) is 2. The van der Waals surface area contributed by atoms with Crippen molar-refractivity contribution in [1.82, 2.24) is 0 Å². The molecule has 1 fully saturated rings. The lowest BCUT2D eigenvalue weighted by molar-refractivity contribution is -0.118. The summed E-state index contributed by atoms with van der Waals surface area (Å²) in [5.41, 5.74) is 0. The molecule has 2 rings (SSSR count). The zero-order valence-corrected chi connectivity index (χ0v) is 8.08. The Bertz CT molecular complexity index is 242. The van der Waals surface area contributed by atoms with Crippen LogP contribution in [0.2, 0.25) is 0 Å². The van der Waals surface area contributed by atoms with Gasteiger partial charge in [0.25, 0.3) is 0 Å². The molecule has 1 saturated heterocycles. The van der Waals surface area contributed by atoms with Crippen molar-refractivity contribution in [2.75, 3.05) is 6.61 Å². The highest BCUT2D eigenvalue weighted by molar-refractivity contribution is 5.95. The summed E-state index contributed by atoms with van der Waals surface area (Å²) < 4.78 is 5.49. The van der Waals surface area contributed by atoms with Gasteiger partial charge in [-0.2, -0.15) is 0 Å². The van der Waals surface area contributed by atoms with Gasteiger partial charge in [-0.15, -0.1) is 0 Å². The van der Waals surface area contributed by atoms with E-state index >= 15 is 0 Å². The maximum absolute atomic E-state index is 11.6. The van der Waals surface area contributed by atoms with E-state index in [-0.39, 0.29) is 5.92 Å². The first kappa shape index (κ1) is 8.79. The Labute approximate surface area is 79.0 Å². The lowest BCUT2D eigenvalue weighted by Crippen LogP contribution is -2.21. The summed E-state index contributed by atoms with van der Waals surface area (Å²) in [6.45, 7) is 2.93. The van der Waals surface area contributed by atoms with E-state index in [4.69, 9.17) is 4.74 Å². The molecule has 2 unspecified atom stereocenters. The molecule has 2 heteroatoms. The number of carbonyl (C=O) groups is 1. The van der Waals surface area contributed by atoms with Gasteiger partial charge in [-0.1, -0.05) is 13.3 Å². The van der Waals surface area contributed by atoms with Crippen molar-refractivity contribution in [2.24, 2.45) is 11.8 Å². The summed E-state index contributed by atoms with van der Waals surface area (Å²) in [7, 11) is 0. The van der Waals surface area contributed by atoms with Crippen LogP contribution in [-0.2, 0) is 9.53 Å². The van der Waals surface area contributed by atoms with Crippen molar-refractivity contribution >= 4 is 5.78 Å². The molecule has 0 aromatic carbocycles. The van der Waals surface area contributed by atoms with E-state index in [0.717, 1.165) is 38.0 Å².